The third-order valence-corrected chi connectivity index (χ3v) is 4.32. The highest BCUT2D eigenvalue weighted by molar-refractivity contribution is 5.92. The van der Waals surface area contributed by atoms with E-state index in [9.17, 15) is 14.3 Å². The molecule has 5 nitrogen and oxygen atoms in total. The zero-order chi connectivity index (χ0) is 16.4. The van der Waals surface area contributed by atoms with Gasteiger partial charge >= 0.3 is 0 Å². The number of nitrogens with zero attached hydrogens (tertiary/aromatic N) is 2. The molecule has 2 aromatic rings. The van der Waals surface area contributed by atoms with Crippen LogP contribution < -0.4 is 0 Å². The number of aromatic hydroxyl groups is 1. The van der Waals surface area contributed by atoms with E-state index in [4.69, 9.17) is 0 Å². The number of carbonyl (C=O) groups is 1. The maximum Gasteiger partial charge on any atom is 0.272 e. The fourth-order valence-electron chi connectivity index (χ4n) is 2.78. The molecule has 0 unspecified atom stereocenters. The quantitative estimate of drug-likeness (QED) is 0.890. The summed E-state index contributed by atoms with van der Waals surface area (Å²) in [6.07, 6.45) is 3.39. The van der Waals surface area contributed by atoms with E-state index < -0.39 is 5.82 Å². The van der Waals surface area contributed by atoms with Gasteiger partial charge in [0.15, 0.2) is 0 Å². The average molecular weight is 317 g/mol. The summed E-state index contributed by atoms with van der Waals surface area (Å²) >= 11 is 0. The van der Waals surface area contributed by atoms with Gasteiger partial charge in [0.25, 0.3) is 5.91 Å². The zero-order valence-corrected chi connectivity index (χ0v) is 13.1. The standard InChI is InChI=1S/C17H20FN3O2/c1-11-7-16(20-19-11)17(23)21(9-12-3-2-4-12)10-13-5-6-14(22)8-15(13)18/h5-8,12,22H,2-4,9-10H2,1H3,(H,19,20). The predicted molar refractivity (Wildman–Crippen MR) is 83.5 cm³/mol. The Hall–Kier alpha value is -2.37. The molecule has 122 valence electrons. The van der Waals surface area contributed by atoms with Gasteiger partial charge in [-0.2, -0.15) is 5.10 Å². The molecule has 1 aromatic heterocycles. The van der Waals surface area contributed by atoms with Crippen LogP contribution in [0.4, 0.5) is 4.39 Å². The molecule has 1 saturated carbocycles. The van der Waals surface area contributed by atoms with Crippen LogP contribution in [0.25, 0.3) is 0 Å². The van der Waals surface area contributed by atoms with Crippen molar-refractivity contribution in [3.63, 3.8) is 0 Å². The number of aromatic amines is 1. The molecular weight excluding hydrogens is 297 g/mol. The van der Waals surface area contributed by atoms with Gasteiger partial charge in [-0.25, -0.2) is 4.39 Å². The average Bonchev–Trinajstić information content (AvgIpc) is 2.89. The topological polar surface area (TPSA) is 69.2 Å². The lowest BCUT2D eigenvalue weighted by Crippen LogP contribution is -2.37. The number of halogens is 1. The Morgan fingerprint density at radius 2 is 2.22 bits per heavy atom. The van der Waals surface area contributed by atoms with Crippen molar-refractivity contribution in [3.8, 4) is 5.75 Å². The van der Waals surface area contributed by atoms with Gasteiger partial charge in [0.1, 0.15) is 17.3 Å². The molecule has 0 atom stereocenters. The Balaban J connectivity index is 1.81. The second-order valence-corrected chi connectivity index (χ2v) is 6.18. The normalized spacial score (nSPS) is 14.5. The highest BCUT2D eigenvalue weighted by Gasteiger charge is 2.26. The van der Waals surface area contributed by atoms with Crippen LogP contribution in [0.2, 0.25) is 0 Å². The number of aryl methyl sites for hydroxylation is 1. The molecule has 23 heavy (non-hydrogen) atoms. The van der Waals surface area contributed by atoms with Gasteiger partial charge in [0.2, 0.25) is 0 Å². The summed E-state index contributed by atoms with van der Waals surface area (Å²) in [6, 6.07) is 5.72. The first-order valence-corrected chi connectivity index (χ1v) is 7.81. The monoisotopic (exact) mass is 317 g/mol. The number of H-pyrrole nitrogens is 1. The van der Waals surface area contributed by atoms with Crippen LogP contribution in [-0.4, -0.2) is 32.7 Å². The maximum absolute atomic E-state index is 14.0. The van der Waals surface area contributed by atoms with Gasteiger partial charge in [-0.1, -0.05) is 12.5 Å². The summed E-state index contributed by atoms with van der Waals surface area (Å²) in [5, 5.41) is 16.0. The van der Waals surface area contributed by atoms with Crippen molar-refractivity contribution in [1.82, 2.24) is 15.1 Å². The lowest BCUT2D eigenvalue weighted by atomic mass is 9.85. The van der Waals surface area contributed by atoms with Crippen molar-refractivity contribution in [2.75, 3.05) is 6.54 Å². The number of aromatic nitrogens is 2. The second-order valence-electron chi connectivity index (χ2n) is 6.18. The minimum Gasteiger partial charge on any atom is -0.508 e. The molecule has 3 rings (SSSR count). The van der Waals surface area contributed by atoms with Crippen LogP contribution in [0.3, 0.4) is 0 Å². The number of hydrogen-bond acceptors (Lipinski definition) is 3. The summed E-state index contributed by atoms with van der Waals surface area (Å²) in [7, 11) is 0. The third kappa shape index (κ3) is 3.52. The first kappa shape index (κ1) is 15.5. The Morgan fingerprint density at radius 1 is 1.43 bits per heavy atom. The largest absolute Gasteiger partial charge is 0.508 e. The van der Waals surface area contributed by atoms with Crippen molar-refractivity contribution in [1.29, 1.82) is 0 Å². The number of hydrogen-bond donors (Lipinski definition) is 2. The van der Waals surface area contributed by atoms with Gasteiger partial charge in [-0.3, -0.25) is 9.89 Å². The van der Waals surface area contributed by atoms with Gasteiger partial charge in [0, 0.05) is 24.7 Å². The molecule has 0 bridgehead atoms. The number of phenolic OH excluding ortho intramolecular Hbond substituents is 1. The molecule has 1 aromatic carbocycles. The molecule has 1 heterocycles. The Bertz CT molecular complexity index is 710. The first-order valence-electron chi connectivity index (χ1n) is 7.81. The predicted octanol–water partition coefficient (Wildman–Crippen LogP) is 3.01. The van der Waals surface area contributed by atoms with E-state index in [0.717, 1.165) is 24.6 Å². The van der Waals surface area contributed by atoms with Crippen molar-refractivity contribution >= 4 is 5.91 Å². The molecule has 0 spiro atoms. The molecule has 0 aliphatic heterocycles. The van der Waals surface area contributed by atoms with E-state index in [1.54, 1.807) is 11.0 Å². The van der Waals surface area contributed by atoms with Gasteiger partial charge < -0.3 is 10.0 Å². The third-order valence-electron chi connectivity index (χ3n) is 4.32. The fourth-order valence-corrected chi connectivity index (χ4v) is 2.78. The number of amides is 1. The minimum atomic E-state index is -0.503. The van der Waals surface area contributed by atoms with Crippen LogP contribution >= 0.6 is 0 Å². The number of phenols is 1. The molecule has 1 aliphatic rings. The summed E-state index contributed by atoms with van der Waals surface area (Å²) in [5.41, 5.74) is 1.56. The molecule has 6 heteroatoms. The Morgan fingerprint density at radius 3 is 2.78 bits per heavy atom. The van der Waals surface area contributed by atoms with Crippen LogP contribution in [0.15, 0.2) is 24.3 Å². The van der Waals surface area contributed by atoms with Crippen molar-refractivity contribution < 1.29 is 14.3 Å². The van der Waals surface area contributed by atoms with Gasteiger partial charge in [-0.15, -0.1) is 0 Å². The Labute approximate surface area is 134 Å². The van der Waals surface area contributed by atoms with Crippen LogP contribution in [0, 0.1) is 18.7 Å². The summed E-state index contributed by atoms with van der Waals surface area (Å²) < 4.78 is 14.0. The number of nitrogens with one attached hydrogen (secondary N) is 1. The van der Waals surface area contributed by atoms with Gasteiger partial charge in [-0.05, 0) is 37.8 Å². The lowest BCUT2D eigenvalue weighted by molar-refractivity contribution is 0.0671. The maximum atomic E-state index is 14.0. The summed E-state index contributed by atoms with van der Waals surface area (Å²) in [6.45, 7) is 2.60. The smallest absolute Gasteiger partial charge is 0.272 e. The van der Waals surface area contributed by atoms with Crippen LogP contribution in [-0.2, 0) is 6.54 Å². The van der Waals surface area contributed by atoms with E-state index in [-0.39, 0.29) is 18.2 Å². The molecule has 0 saturated heterocycles. The highest BCUT2D eigenvalue weighted by Crippen LogP contribution is 2.28. The molecule has 1 amide bonds. The van der Waals surface area contributed by atoms with E-state index in [1.165, 1.54) is 18.6 Å². The molecule has 0 radical (unpaired) electrons. The lowest BCUT2D eigenvalue weighted by Gasteiger charge is -2.32. The van der Waals surface area contributed by atoms with Crippen molar-refractivity contribution in [2.45, 2.75) is 32.7 Å². The van der Waals surface area contributed by atoms with E-state index >= 15 is 0 Å². The Kier molecular flexibility index (Phi) is 4.32. The van der Waals surface area contributed by atoms with Crippen LogP contribution in [0.1, 0.15) is 41.0 Å². The van der Waals surface area contributed by atoms with E-state index in [2.05, 4.69) is 10.2 Å². The van der Waals surface area contributed by atoms with E-state index in [0.29, 0.717) is 23.7 Å². The second kappa shape index (κ2) is 6.40. The molecule has 2 N–H and O–H groups in total. The SMILES string of the molecule is Cc1cc(C(=O)N(Cc2ccc(O)cc2F)CC2CCC2)[nH]n1. The highest BCUT2D eigenvalue weighted by atomic mass is 19.1. The molecule has 1 aliphatic carbocycles. The van der Waals surface area contributed by atoms with Gasteiger partial charge in [0.05, 0.1) is 5.69 Å². The van der Waals surface area contributed by atoms with E-state index in [1.807, 2.05) is 6.92 Å². The first-order chi connectivity index (χ1) is 11.0. The zero-order valence-electron chi connectivity index (χ0n) is 13.1. The fraction of sp³-hybridized carbons (Fsp3) is 0.412. The molecular formula is C17H20FN3O2. The van der Waals surface area contributed by atoms with Crippen molar-refractivity contribution in [2.24, 2.45) is 5.92 Å². The summed E-state index contributed by atoms with van der Waals surface area (Å²) in [5.74, 6) is -0.322. The number of carbonyl (C=O) groups excluding carboxylic acids is 1. The minimum absolute atomic E-state index is 0.118. The molecule has 1 fully saturated rings. The van der Waals surface area contributed by atoms with Crippen LogP contribution in [0.5, 0.6) is 5.75 Å². The number of benzene rings is 1. The van der Waals surface area contributed by atoms with Crippen molar-refractivity contribution in [3.05, 3.63) is 47.0 Å². The number of rotatable bonds is 5. The summed E-state index contributed by atoms with van der Waals surface area (Å²) in [4.78, 5) is 14.4.